The minimum absolute atomic E-state index is 0.100. The van der Waals surface area contributed by atoms with Crippen molar-refractivity contribution >= 4 is 5.84 Å². The van der Waals surface area contributed by atoms with Crippen molar-refractivity contribution in [2.75, 3.05) is 7.11 Å². The van der Waals surface area contributed by atoms with Gasteiger partial charge >= 0.3 is 0 Å². The fourth-order valence-corrected chi connectivity index (χ4v) is 1.31. The summed E-state index contributed by atoms with van der Waals surface area (Å²) in [5, 5.41) is 7.34. The summed E-state index contributed by atoms with van der Waals surface area (Å²) in [5.41, 5.74) is 8.24. The Bertz CT molecular complexity index is 345. The second-order valence-electron chi connectivity index (χ2n) is 2.98. The smallest absolute Gasteiger partial charge is 0.123 e. The average Bonchev–Trinajstić information content (AvgIpc) is 2.09. The molecule has 0 heterocycles. The van der Waals surface area contributed by atoms with Crippen LogP contribution in [0.3, 0.4) is 0 Å². The molecule has 0 aliphatic carbocycles. The molecule has 0 radical (unpaired) electrons. The van der Waals surface area contributed by atoms with Crippen LogP contribution in [0.5, 0.6) is 5.75 Å². The summed E-state index contributed by atoms with van der Waals surface area (Å²) >= 11 is 0. The van der Waals surface area contributed by atoms with E-state index in [4.69, 9.17) is 15.9 Å². The molecule has 70 valence electrons. The molecule has 0 atom stereocenters. The third-order valence-corrected chi connectivity index (χ3v) is 2.25. The molecule has 0 aromatic heterocycles. The number of hydrogen-bond donors (Lipinski definition) is 2. The van der Waals surface area contributed by atoms with Crippen LogP contribution >= 0.6 is 0 Å². The van der Waals surface area contributed by atoms with E-state index in [1.807, 2.05) is 26.0 Å². The molecule has 3 nitrogen and oxygen atoms in total. The van der Waals surface area contributed by atoms with Gasteiger partial charge in [0.1, 0.15) is 11.6 Å². The van der Waals surface area contributed by atoms with Crippen LogP contribution in [0.25, 0.3) is 0 Å². The van der Waals surface area contributed by atoms with Crippen LogP contribution in [0.4, 0.5) is 0 Å². The molecule has 0 spiro atoms. The van der Waals surface area contributed by atoms with Crippen molar-refractivity contribution in [1.82, 2.24) is 0 Å². The highest BCUT2D eigenvalue weighted by atomic mass is 16.5. The summed E-state index contributed by atoms with van der Waals surface area (Å²) in [6.07, 6.45) is 0. The lowest BCUT2D eigenvalue weighted by atomic mass is 10.0. The number of nitrogens with two attached hydrogens (primary N) is 1. The van der Waals surface area contributed by atoms with Gasteiger partial charge in [0.2, 0.25) is 0 Å². The maximum Gasteiger partial charge on any atom is 0.123 e. The Morgan fingerprint density at radius 1 is 1.31 bits per heavy atom. The van der Waals surface area contributed by atoms with Crippen LogP contribution in [0, 0.1) is 19.3 Å². The normalized spacial score (nSPS) is 9.77. The molecular formula is C10H14N2O. The minimum Gasteiger partial charge on any atom is -0.496 e. The Labute approximate surface area is 78.0 Å². The fraction of sp³-hybridized carbons (Fsp3) is 0.300. The first-order valence-electron chi connectivity index (χ1n) is 4.06. The molecule has 3 heteroatoms. The molecule has 1 rings (SSSR count). The van der Waals surface area contributed by atoms with Crippen LogP contribution < -0.4 is 10.5 Å². The zero-order valence-corrected chi connectivity index (χ0v) is 8.14. The highest BCUT2D eigenvalue weighted by molar-refractivity contribution is 5.96. The van der Waals surface area contributed by atoms with Gasteiger partial charge in [-0.25, -0.2) is 0 Å². The van der Waals surface area contributed by atoms with Crippen LogP contribution in [-0.4, -0.2) is 12.9 Å². The van der Waals surface area contributed by atoms with Crippen LogP contribution in [0.2, 0.25) is 0 Å². The molecule has 0 unspecified atom stereocenters. The lowest BCUT2D eigenvalue weighted by Gasteiger charge is -2.10. The van der Waals surface area contributed by atoms with Crippen molar-refractivity contribution in [3.05, 3.63) is 28.8 Å². The van der Waals surface area contributed by atoms with Gasteiger partial charge in [-0.2, -0.15) is 0 Å². The highest BCUT2D eigenvalue weighted by Gasteiger charge is 2.07. The van der Waals surface area contributed by atoms with Crippen molar-refractivity contribution in [3.8, 4) is 5.75 Å². The molecule has 1 aromatic rings. The van der Waals surface area contributed by atoms with Crippen LogP contribution in [-0.2, 0) is 0 Å². The zero-order valence-electron chi connectivity index (χ0n) is 8.14. The molecule has 0 saturated carbocycles. The predicted octanol–water partition coefficient (Wildman–Crippen LogP) is 1.60. The molecule has 0 fully saturated rings. The Kier molecular flexibility index (Phi) is 2.56. The van der Waals surface area contributed by atoms with E-state index < -0.39 is 0 Å². The maximum absolute atomic E-state index is 7.34. The standard InChI is InChI=1S/C10H14N2O/c1-6-7(2)9(13-3)5-4-8(6)10(11)12/h4-5H,1-3H3,(H3,11,12). The lowest BCUT2D eigenvalue weighted by Crippen LogP contribution is -2.13. The van der Waals surface area contributed by atoms with E-state index in [9.17, 15) is 0 Å². The maximum atomic E-state index is 7.34. The fourth-order valence-electron chi connectivity index (χ4n) is 1.31. The van der Waals surface area contributed by atoms with Crippen molar-refractivity contribution < 1.29 is 4.74 Å². The summed E-state index contributed by atoms with van der Waals surface area (Å²) in [4.78, 5) is 0. The number of hydrogen-bond acceptors (Lipinski definition) is 2. The van der Waals surface area contributed by atoms with Gasteiger partial charge in [0.05, 0.1) is 7.11 Å². The Hall–Kier alpha value is -1.51. The summed E-state index contributed by atoms with van der Waals surface area (Å²) in [5.74, 6) is 0.936. The van der Waals surface area contributed by atoms with E-state index in [2.05, 4.69) is 0 Å². The van der Waals surface area contributed by atoms with Gasteiger partial charge in [-0.3, -0.25) is 5.41 Å². The molecule has 0 saturated heterocycles. The first kappa shape index (κ1) is 9.58. The van der Waals surface area contributed by atoms with Gasteiger partial charge in [0, 0.05) is 5.56 Å². The highest BCUT2D eigenvalue weighted by Crippen LogP contribution is 2.23. The van der Waals surface area contributed by atoms with E-state index in [0.717, 1.165) is 22.4 Å². The number of rotatable bonds is 2. The Morgan fingerprint density at radius 3 is 2.38 bits per heavy atom. The third-order valence-electron chi connectivity index (χ3n) is 2.25. The summed E-state index contributed by atoms with van der Waals surface area (Å²) < 4.78 is 5.15. The molecule has 13 heavy (non-hydrogen) atoms. The largest absolute Gasteiger partial charge is 0.496 e. The number of nitrogen functional groups attached to an aromatic ring is 1. The predicted molar refractivity (Wildman–Crippen MR) is 53.5 cm³/mol. The number of ether oxygens (including phenoxy) is 1. The topological polar surface area (TPSA) is 59.1 Å². The number of amidine groups is 1. The van der Waals surface area contributed by atoms with Crippen molar-refractivity contribution in [2.45, 2.75) is 13.8 Å². The third kappa shape index (κ3) is 1.64. The first-order valence-corrected chi connectivity index (χ1v) is 4.06. The monoisotopic (exact) mass is 178 g/mol. The zero-order chi connectivity index (χ0) is 10.0. The second-order valence-corrected chi connectivity index (χ2v) is 2.98. The molecule has 0 aliphatic rings. The summed E-state index contributed by atoms with van der Waals surface area (Å²) in [6.45, 7) is 3.90. The van der Waals surface area contributed by atoms with Gasteiger partial charge in [0.15, 0.2) is 0 Å². The number of nitrogens with one attached hydrogen (secondary N) is 1. The van der Waals surface area contributed by atoms with E-state index in [-0.39, 0.29) is 5.84 Å². The molecule has 3 N–H and O–H groups in total. The molecule has 1 aromatic carbocycles. The van der Waals surface area contributed by atoms with E-state index in [1.54, 1.807) is 7.11 Å². The molecule has 0 aliphatic heterocycles. The van der Waals surface area contributed by atoms with Crippen molar-refractivity contribution in [3.63, 3.8) is 0 Å². The van der Waals surface area contributed by atoms with Gasteiger partial charge < -0.3 is 10.5 Å². The first-order chi connectivity index (χ1) is 6.07. The lowest BCUT2D eigenvalue weighted by molar-refractivity contribution is 0.411. The average molecular weight is 178 g/mol. The SMILES string of the molecule is COc1ccc(C(=N)N)c(C)c1C. The van der Waals surface area contributed by atoms with Crippen molar-refractivity contribution in [1.29, 1.82) is 5.41 Å². The van der Waals surface area contributed by atoms with Crippen molar-refractivity contribution in [2.24, 2.45) is 5.73 Å². The Morgan fingerprint density at radius 2 is 1.92 bits per heavy atom. The number of methoxy groups -OCH3 is 1. The minimum atomic E-state index is 0.100. The van der Waals surface area contributed by atoms with E-state index in [0.29, 0.717) is 0 Å². The van der Waals surface area contributed by atoms with Gasteiger partial charge in [-0.1, -0.05) is 0 Å². The van der Waals surface area contributed by atoms with E-state index >= 15 is 0 Å². The Balaban J connectivity index is 3.31. The van der Waals surface area contributed by atoms with Crippen LogP contribution in [0.1, 0.15) is 16.7 Å². The summed E-state index contributed by atoms with van der Waals surface area (Å²) in [7, 11) is 1.63. The van der Waals surface area contributed by atoms with Gasteiger partial charge in [0.25, 0.3) is 0 Å². The quantitative estimate of drug-likeness (QED) is 0.533. The van der Waals surface area contributed by atoms with Gasteiger partial charge in [-0.05, 0) is 37.1 Å². The van der Waals surface area contributed by atoms with Crippen LogP contribution in [0.15, 0.2) is 12.1 Å². The summed E-state index contributed by atoms with van der Waals surface area (Å²) in [6, 6.07) is 3.64. The number of benzene rings is 1. The molecule has 0 bridgehead atoms. The van der Waals surface area contributed by atoms with E-state index in [1.165, 1.54) is 0 Å². The molecular weight excluding hydrogens is 164 g/mol. The van der Waals surface area contributed by atoms with Gasteiger partial charge in [-0.15, -0.1) is 0 Å². The molecule has 0 amide bonds. The second kappa shape index (κ2) is 3.47.